The van der Waals surface area contributed by atoms with Crippen LogP contribution in [0.15, 0.2) is 24.3 Å². The molecular weight excluding hydrogens is 266 g/mol. The van der Waals surface area contributed by atoms with Gasteiger partial charge in [-0.2, -0.15) is 0 Å². The van der Waals surface area contributed by atoms with E-state index in [-0.39, 0.29) is 18.3 Å². The van der Waals surface area contributed by atoms with Gasteiger partial charge in [0.15, 0.2) is 0 Å². The third kappa shape index (κ3) is 5.75. The zero-order valence-electron chi connectivity index (χ0n) is 10.9. The van der Waals surface area contributed by atoms with Crippen LogP contribution in [0.25, 0.3) is 0 Å². The molecule has 1 N–H and O–H groups in total. The second-order valence-corrected chi connectivity index (χ2v) is 4.36. The first-order valence-electron chi connectivity index (χ1n) is 6.26. The average molecular weight is 284 g/mol. The summed E-state index contributed by atoms with van der Waals surface area (Å²) in [4.78, 5) is 23.2. The maximum Gasteiger partial charge on any atom is 0.310 e. The van der Waals surface area contributed by atoms with Crippen molar-refractivity contribution in [2.75, 3.05) is 19.0 Å². The molecule has 1 rings (SSSR count). The number of esters is 1. The van der Waals surface area contributed by atoms with Gasteiger partial charge in [0.1, 0.15) is 0 Å². The highest BCUT2D eigenvalue weighted by atomic mass is 35.5. The van der Waals surface area contributed by atoms with Gasteiger partial charge in [-0.3, -0.25) is 9.59 Å². The number of alkyl halides is 1. The fraction of sp³-hybridized carbons (Fsp3) is 0.429. The lowest BCUT2D eigenvalue weighted by atomic mass is 10.1. The SMILES string of the molecule is CCOC(=O)Cc1cccc(C(=O)NCCCCl)c1. The van der Waals surface area contributed by atoms with Crippen LogP contribution in [0.2, 0.25) is 0 Å². The van der Waals surface area contributed by atoms with Crippen molar-refractivity contribution in [3.8, 4) is 0 Å². The van der Waals surface area contributed by atoms with Crippen LogP contribution in [-0.2, 0) is 16.0 Å². The van der Waals surface area contributed by atoms with E-state index in [1.165, 1.54) is 0 Å². The standard InChI is InChI=1S/C14H18ClNO3/c1-2-19-13(17)10-11-5-3-6-12(9-11)14(18)16-8-4-7-15/h3,5-6,9H,2,4,7-8,10H2,1H3,(H,16,18). The Kier molecular flexibility index (Phi) is 6.97. The first kappa shape index (κ1) is 15.5. The van der Waals surface area contributed by atoms with E-state index in [1.807, 2.05) is 0 Å². The number of halogens is 1. The van der Waals surface area contributed by atoms with Crippen LogP contribution < -0.4 is 5.32 Å². The van der Waals surface area contributed by atoms with E-state index in [0.717, 1.165) is 12.0 Å². The van der Waals surface area contributed by atoms with Crippen LogP contribution in [0.1, 0.15) is 29.3 Å². The molecule has 0 radical (unpaired) electrons. The predicted octanol–water partition coefficient (Wildman–Crippen LogP) is 2.15. The summed E-state index contributed by atoms with van der Waals surface area (Å²) in [5.74, 6) is 0.0708. The normalized spacial score (nSPS) is 10.0. The summed E-state index contributed by atoms with van der Waals surface area (Å²) in [5.41, 5.74) is 1.31. The molecule has 1 aromatic carbocycles. The molecule has 5 heteroatoms. The summed E-state index contributed by atoms with van der Waals surface area (Å²) in [6.45, 7) is 2.67. The highest BCUT2D eigenvalue weighted by Crippen LogP contribution is 2.07. The molecule has 0 spiro atoms. The van der Waals surface area contributed by atoms with Crippen molar-refractivity contribution in [2.24, 2.45) is 0 Å². The van der Waals surface area contributed by atoms with Crippen molar-refractivity contribution in [3.05, 3.63) is 35.4 Å². The van der Waals surface area contributed by atoms with E-state index in [0.29, 0.717) is 24.6 Å². The van der Waals surface area contributed by atoms with E-state index >= 15 is 0 Å². The number of carbonyl (C=O) groups is 2. The van der Waals surface area contributed by atoms with Gasteiger partial charge in [0.2, 0.25) is 0 Å². The smallest absolute Gasteiger partial charge is 0.310 e. The Hall–Kier alpha value is -1.55. The summed E-state index contributed by atoms with van der Waals surface area (Å²) in [6.07, 6.45) is 0.909. The Labute approximate surface area is 118 Å². The van der Waals surface area contributed by atoms with Crippen LogP contribution in [-0.4, -0.2) is 30.9 Å². The first-order valence-corrected chi connectivity index (χ1v) is 6.79. The lowest BCUT2D eigenvalue weighted by molar-refractivity contribution is -0.142. The minimum Gasteiger partial charge on any atom is -0.466 e. The predicted molar refractivity (Wildman–Crippen MR) is 74.4 cm³/mol. The van der Waals surface area contributed by atoms with Gasteiger partial charge in [-0.05, 0) is 31.0 Å². The van der Waals surface area contributed by atoms with Crippen molar-refractivity contribution >= 4 is 23.5 Å². The van der Waals surface area contributed by atoms with Crippen molar-refractivity contribution in [1.82, 2.24) is 5.32 Å². The van der Waals surface area contributed by atoms with Gasteiger partial charge in [-0.1, -0.05) is 12.1 Å². The van der Waals surface area contributed by atoms with Crippen LogP contribution in [0.4, 0.5) is 0 Å². The molecule has 0 aliphatic carbocycles. The number of nitrogens with one attached hydrogen (secondary N) is 1. The van der Waals surface area contributed by atoms with Crippen LogP contribution in [0, 0.1) is 0 Å². The third-order valence-electron chi connectivity index (χ3n) is 2.44. The molecule has 0 heterocycles. The maximum absolute atomic E-state index is 11.8. The minimum absolute atomic E-state index is 0.157. The average Bonchev–Trinajstić information content (AvgIpc) is 2.39. The number of hydrogen-bond acceptors (Lipinski definition) is 3. The molecule has 0 unspecified atom stereocenters. The highest BCUT2D eigenvalue weighted by molar-refractivity contribution is 6.17. The topological polar surface area (TPSA) is 55.4 Å². The minimum atomic E-state index is -0.290. The van der Waals surface area contributed by atoms with E-state index in [4.69, 9.17) is 16.3 Å². The molecule has 0 aromatic heterocycles. The summed E-state index contributed by atoms with van der Waals surface area (Å²) in [6, 6.07) is 6.97. The monoisotopic (exact) mass is 283 g/mol. The lowest BCUT2D eigenvalue weighted by Crippen LogP contribution is -2.24. The lowest BCUT2D eigenvalue weighted by Gasteiger charge is -2.06. The van der Waals surface area contributed by atoms with Gasteiger partial charge in [-0.15, -0.1) is 11.6 Å². The van der Waals surface area contributed by atoms with Gasteiger partial charge in [0.05, 0.1) is 13.0 Å². The Morgan fingerprint density at radius 2 is 2.16 bits per heavy atom. The molecule has 104 valence electrons. The third-order valence-corrected chi connectivity index (χ3v) is 2.71. The highest BCUT2D eigenvalue weighted by Gasteiger charge is 2.08. The van der Waals surface area contributed by atoms with E-state index < -0.39 is 0 Å². The van der Waals surface area contributed by atoms with E-state index in [1.54, 1.807) is 31.2 Å². The van der Waals surface area contributed by atoms with E-state index in [2.05, 4.69) is 5.32 Å². The van der Waals surface area contributed by atoms with Gasteiger partial charge in [-0.25, -0.2) is 0 Å². The van der Waals surface area contributed by atoms with Gasteiger partial charge in [0.25, 0.3) is 5.91 Å². The molecule has 0 aliphatic rings. The molecule has 0 fully saturated rings. The maximum atomic E-state index is 11.8. The summed E-state index contributed by atoms with van der Waals surface area (Å²) < 4.78 is 4.87. The quantitative estimate of drug-likeness (QED) is 0.474. The summed E-state index contributed by atoms with van der Waals surface area (Å²) in [7, 11) is 0. The number of carbonyl (C=O) groups excluding carboxylic acids is 2. The summed E-state index contributed by atoms with van der Waals surface area (Å²) >= 11 is 5.54. The zero-order valence-corrected chi connectivity index (χ0v) is 11.7. The number of ether oxygens (including phenoxy) is 1. The van der Waals surface area contributed by atoms with E-state index in [9.17, 15) is 9.59 Å². The number of hydrogen-bond donors (Lipinski definition) is 1. The Morgan fingerprint density at radius 1 is 1.37 bits per heavy atom. The molecule has 0 saturated heterocycles. The fourth-order valence-electron chi connectivity index (χ4n) is 1.57. The van der Waals surface area contributed by atoms with Crippen molar-refractivity contribution in [2.45, 2.75) is 19.8 Å². The summed E-state index contributed by atoms with van der Waals surface area (Å²) in [5, 5.41) is 2.77. The Balaban J connectivity index is 2.60. The van der Waals surface area contributed by atoms with Gasteiger partial charge in [0, 0.05) is 18.0 Å². The second-order valence-electron chi connectivity index (χ2n) is 3.98. The molecule has 0 bridgehead atoms. The molecule has 1 amide bonds. The Morgan fingerprint density at radius 3 is 2.84 bits per heavy atom. The molecule has 0 saturated carbocycles. The molecule has 4 nitrogen and oxygen atoms in total. The number of rotatable bonds is 7. The fourth-order valence-corrected chi connectivity index (χ4v) is 1.71. The number of benzene rings is 1. The van der Waals surface area contributed by atoms with Crippen molar-refractivity contribution in [3.63, 3.8) is 0 Å². The van der Waals surface area contributed by atoms with Crippen molar-refractivity contribution in [1.29, 1.82) is 0 Å². The van der Waals surface area contributed by atoms with Crippen LogP contribution in [0.3, 0.4) is 0 Å². The molecular formula is C14H18ClNO3. The molecule has 0 aliphatic heterocycles. The molecule has 19 heavy (non-hydrogen) atoms. The van der Waals surface area contributed by atoms with Gasteiger partial charge >= 0.3 is 5.97 Å². The van der Waals surface area contributed by atoms with Crippen molar-refractivity contribution < 1.29 is 14.3 Å². The largest absolute Gasteiger partial charge is 0.466 e. The van der Waals surface area contributed by atoms with Gasteiger partial charge < -0.3 is 10.1 Å². The second kappa shape index (κ2) is 8.53. The van der Waals surface area contributed by atoms with Crippen LogP contribution >= 0.6 is 11.6 Å². The van der Waals surface area contributed by atoms with Crippen LogP contribution in [0.5, 0.6) is 0 Å². The number of amides is 1. The first-order chi connectivity index (χ1) is 9.17. The molecule has 0 atom stereocenters. The molecule has 1 aromatic rings. The Bertz CT molecular complexity index is 434. The zero-order chi connectivity index (χ0) is 14.1.